The summed E-state index contributed by atoms with van der Waals surface area (Å²) >= 11 is 0. The van der Waals surface area contributed by atoms with Gasteiger partial charge in [0.05, 0.1) is 0 Å². The molecule has 0 amide bonds. The Hall–Kier alpha value is -2.76. The van der Waals surface area contributed by atoms with Gasteiger partial charge in [0, 0.05) is 11.3 Å². The molecule has 0 aliphatic rings. The van der Waals surface area contributed by atoms with E-state index in [1.165, 1.54) is 12.1 Å². The van der Waals surface area contributed by atoms with E-state index in [1.807, 2.05) is 6.92 Å². The zero-order valence-electron chi connectivity index (χ0n) is 13.6. The SMILES string of the molecule is Cc1ccc(NC(C)c2nc(-c3ccc(C)c(F)c3)no2)cc1F. The molecule has 0 saturated heterocycles. The molecule has 24 heavy (non-hydrogen) atoms. The largest absolute Gasteiger partial charge is 0.374 e. The standard InChI is InChI=1S/C18H17F2N3O/c1-10-4-6-13(8-15(10)19)17-22-18(24-23-17)12(3)21-14-7-5-11(2)16(20)9-14/h4-9,12,21H,1-3H3. The number of nitrogens with one attached hydrogen (secondary N) is 1. The molecule has 3 aromatic rings. The van der Waals surface area contributed by atoms with Crippen molar-refractivity contribution >= 4 is 5.69 Å². The summed E-state index contributed by atoms with van der Waals surface area (Å²) in [5.41, 5.74) is 2.29. The highest BCUT2D eigenvalue weighted by Crippen LogP contribution is 2.23. The van der Waals surface area contributed by atoms with Gasteiger partial charge in [0.2, 0.25) is 11.7 Å². The van der Waals surface area contributed by atoms with Crippen molar-refractivity contribution in [2.75, 3.05) is 5.32 Å². The van der Waals surface area contributed by atoms with E-state index in [9.17, 15) is 8.78 Å². The lowest BCUT2D eigenvalue weighted by Crippen LogP contribution is -2.07. The van der Waals surface area contributed by atoms with Crippen LogP contribution in [0.1, 0.15) is 30.0 Å². The van der Waals surface area contributed by atoms with Crippen LogP contribution in [0.4, 0.5) is 14.5 Å². The first kappa shape index (κ1) is 16.1. The van der Waals surface area contributed by atoms with Gasteiger partial charge >= 0.3 is 0 Å². The van der Waals surface area contributed by atoms with Gasteiger partial charge in [-0.15, -0.1) is 0 Å². The first-order valence-electron chi connectivity index (χ1n) is 7.57. The van der Waals surface area contributed by atoms with Crippen molar-refractivity contribution in [3.63, 3.8) is 0 Å². The summed E-state index contributed by atoms with van der Waals surface area (Å²) in [4.78, 5) is 4.29. The van der Waals surface area contributed by atoms with Crippen molar-refractivity contribution < 1.29 is 13.3 Å². The molecular weight excluding hydrogens is 312 g/mol. The lowest BCUT2D eigenvalue weighted by Gasteiger charge is -2.11. The molecular formula is C18H17F2N3O. The molecule has 2 aromatic carbocycles. The predicted octanol–water partition coefficient (Wildman–Crippen LogP) is 4.80. The molecule has 1 unspecified atom stereocenters. The Morgan fingerprint density at radius 1 is 1.00 bits per heavy atom. The first-order chi connectivity index (χ1) is 11.4. The molecule has 1 atom stereocenters. The van der Waals surface area contributed by atoms with Crippen LogP contribution in [0.15, 0.2) is 40.9 Å². The minimum atomic E-state index is -0.319. The summed E-state index contributed by atoms with van der Waals surface area (Å²) in [7, 11) is 0. The third kappa shape index (κ3) is 3.27. The highest BCUT2D eigenvalue weighted by atomic mass is 19.1. The number of hydrogen-bond acceptors (Lipinski definition) is 4. The van der Waals surface area contributed by atoms with Gasteiger partial charge in [-0.3, -0.25) is 0 Å². The molecule has 0 spiro atoms. The summed E-state index contributed by atoms with van der Waals surface area (Å²) in [6.45, 7) is 5.21. The fourth-order valence-electron chi connectivity index (χ4n) is 2.25. The van der Waals surface area contributed by atoms with Gasteiger partial charge in [-0.05, 0) is 50.1 Å². The number of aromatic nitrogens is 2. The maximum absolute atomic E-state index is 13.7. The maximum atomic E-state index is 13.7. The van der Waals surface area contributed by atoms with E-state index in [0.717, 1.165) is 0 Å². The molecule has 1 N–H and O–H groups in total. The Kier molecular flexibility index (Phi) is 4.29. The molecule has 1 heterocycles. The lowest BCUT2D eigenvalue weighted by molar-refractivity contribution is 0.368. The van der Waals surface area contributed by atoms with Crippen molar-refractivity contribution in [1.82, 2.24) is 10.1 Å². The highest BCUT2D eigenvalue weighted by molar-refractivity contribution is 5.55. The minimum Gasteiger partial charge on any atom is -0.374 e. The van der Waals surface area contributed by atoms with Crippen LogP contribution in [0.5, 0.6) is 0 Å². The van der Waals surface area contributed by atoms with Gasteiger partial charge in [0.25, 0.3) is 0 Å². The number of nitrogens with zero attached hydrogens (tertiary/aromatic N) is 2. The van der Waals surface area contributed by atoms with Gasteiger partial charge in [-0.2, -0.15) is 4.98 Å². The number of anilines is 1. The van der Waals surface area contributed by atoms with E-state index in [-0.39, 0.29) is 17.7 Å². The van der Waals surface area contributed by atoms with E-state index >= 15 is 0 Å². The van der Waals surface area contributed by atoms with E-state index < -0.39 is 0 Å². The molecule has 0 aliphatic heterocycles. The fraction of sp³-hybridized carbons (Fsp3) is 0.222. The Labute approximate surface area is 138 Å². The summed E-state index contributed by atoms with van der Waals surface area (Å²) in [5, 5.41) is 6.99. The predicted molar refractivity (Wildman–Crippen MR) is 87.6 cm³/mol. The number of aryl methyl sites for hydroxylation is 2. The highest BCUT2D eigenvalue weighted by Gasteiger charge is 2.16. The van der Waals surface area contributed by atoms with Gasteiger partial charge in [0.1, 0.15) is 17.7 Å². The van der Waals surface area contributed by atoms with Gasteiger partial charge < -0.3 is 9.84 Å². The molecule has 0 bridgehead atoms. The first-order valence-corrected chi connectivity index (χ1v) is 7.57. The second kappa shape index (κ2) is 6.39. The summed E-state index contributed by atoms with van der Waals surface area (Å²) in [6, 6.07) is 9.34. The molecule has 0 aliphatic carbocycles. The van der Waals surface area contributed by atoms with E-state index in [1.54, 1.807) is 38.1 Å². The van der Waals surface area contributed by atoms with Gasteiger partial charge in [-0.1, -0.05) is 23.4 Å². The molecule has 0 saturated carbocycles. The summed E-state index contributed by atoms with van der Waals surface area (Å²) in [5.74, 6) is 0.0494. The van der Waals surface area contributed by atoms with Crippen molar-refractivity contribution in [2.24, 2.45) is 0 Å². The van der Waals surface area contributed by atoms with Crippen LogP contribution >= 0.6 is 0 Å². The molecule has 6 heteroatoms. The van der Waals surface area contributed by atoms with Crippen molar-refractivity contribution in [3.05, 3.63) is 65.1 Å². The second-order valence-electron chi connectivity index (χ2n) is 5.75. The normalized spacial score (nSPS) is 12.2. The second-order valence-corrected chi connectivity index (χ2v) is 5.75. The fourth-order valence-corrected chi connectivity index (χ4v) is 2.25. The van der Waals surface area contributed by atoms with Crippen LogP contribution in [0.3, 0.4) is 0 Å². The Bertz CT molecular complexity index is 876. The third-order valence-corrected chi connectivity index (χ3v) is 3.80. The van der Waals surface area contributed by atoms with E-state index in [2.05, 4.69) is 15.5 Å². The third-order valence-electron chi connectivity index (χ3n) is 3.80. The quantitative estimate of drug-likeness (QED) is 0.746. The zero-order chi connectivity index (χ0) is 17.3. The monoisotopic (exact) mass is 329 g/mol. The molecule has 1 aromatic heterocycles. The van der Waals surface area contributed by atoms with Crippen molar-refractivity contribution in [2.45, 2.75) is 26.8 Å². The van der Waals surface area contributed by atoms with Crippen LogP contribution in [0, 0.1) is 25.5 Å². The molecule has 124 valence electrons. The lowest BCUT2D eigenvalue weighted by atomic mass is 10.1. The van der Waals surface area contributed by atoms with Crippen LogP contribution in [0.2, 0.25) is 0 Å². The Morgan fingerprint density at radius 2 is 1.67 bits per heavy atom. The molecule has 0 radical (unpaired) electrons. The smallest absolute Gasteiger partial charge is 0.249 e. The minimum absolute atomic E-state index is 0.284. The number of halogens is 2. The van der Waals surface area contributed by atoms with Crippen LogP contribution in [-0.2, 0) is 0 Å². The average molecular weight is 329 g/mol. The molecule has 3 rings (SSSR count). The van der Waals surface area contributed by atoms with E-state index in [0.29, 0.717) is 34.1 Å². The Morgan fingerprint density at radius 3 is 2.33 bits per heavy atom. The van der Waals surface area contributed by atoms with Crippen LogP contribution < -0.4 is 5.32 Å². The number of benzene rings is 2. The maximum Gasteiger partial charge on any atom is 0.249 e. The van der Waals surface area contributed by atoms with Crippen molar-refractivity contribution in [1.29, 1.82) is 0 Å². The number of rotatable bonds is 4. The zero-order valence-corrected chi connectivity index (χ0v) is 13.6. The molecule has 4 nitrogen and oxygen atoms in total. The topological polar surface area (TPSA) is 51.0 Å². The van der Waals surface area contributed by atoms with Crippen molar-refractivity contribution in [3.8, 4) is 11.4 Å². The van der Waals surface area contributed by atoms with E-state index in [4.69, 9.17) is 4.52 Å². The van der Waals surface area contributed by atoms with Crippen LogP contribution in [-0.4, -0.2) is 10.1 Å². The van der Waals surface area contributed by atoms with Crippen LogP contribution in [0.25, 0.3) is 11.4 Å². The van der Waals surface area contributed by atoms with Gasteiger partial charge in [0.15, 0.2) is 0 Å². The summed E-state index contributed by atoms with van der Waals surface area (Å²) in [6.07, 6.45) is 0. The average Bonchev–Trinajstić information content (AvgIpc) is 3.04. The Balaban J connectivity index is 1.79. The number of hydrogen-bond donors (Lipinski definition) is 1. The summed E-state index contributed by atoms with van der Waals surface area (Å²) < 4.78 is 32.5. The van der Waals surface area contributed by atoms with Gasteiger partial charge in [-0.25, -0.2) is 8.78 Å². The molecule has 0 fully saturated rings.